The Hall–Kier alpha value is -1.92. The number of aromatic nitrogens is 2. The maximum Gasteiger partial charge on any atom is 0.537 e. The smallest absolute Gasteiger partial charge is 0.535 e. The topological polar surface area (TPSA) is 119 Å². The van der Waals surface area contributed by atoms with Crippen molar-refractivity contribution in [1.82, 2.24) is 10.2 Å². The van der Waals surface area contributed by atoms with Gasteiger partial charge >= 0.3 is 13.1 Å². The summed E-state index contributed by atoms with van der Waals surface area (Å²) in [5.41, 5.74) is 4.69. The highest BCUT2D eigenvalue weighted by Gasteiger charge is 2.40. The van der Waals surface area contributed by atoms with Crippen molar-refractivity contribution in [2.45, 2.75) is 15.9 Å². The lowest BCUT2D eigenvalue weighted by Crippen LogP contribution is -2.41. The van der Waals surface area contributed by atoms with Gasteiger partial charge in [0.2, 0.25) is 5.13 Å². The summed E-state index contributed by atoms with van der Waals surface area (Å²) in [4.78, 5) is 11.1. The molecule has 12 heteroatoms. The Labute approximate surface area is 136 Å². The van der Waals surface area contributed by atoms with Gasteiger partial charge < -0.3 is 20.5 Å². The molecular weight excluding hydrogens is 351 g/mol. The third-order valence-electron chi connectivity index (χ3n) is 3.11. The number of anilines is 1. The number of nitrogen functional groups attached to an aromatic ring is 1. The molecular formula is C11H8BF2N3O4S2. The minimum Gasteiger partial charge on any atom is -0.535 e. The Morgan fingerprint density at radius 3 is 2.87 bits per heavy atom. The van der Waals surface area contributed by atoms with E-state index in [1.165, 1.54) is 0 Å². The molecule has 1 aliphatic heterocycles. The summed E-state index contributed by atoms with van der Waals surface area (Å²) < 4.78 is 32.8. The molecule has 4 N–H and O–H groups in total. The lowest BCUT2D eigenvalue weighted by Gasteiger charge is -2.27. The van der Waals surface area contributed by atoms with Gasteiger partial charge in [0, 0.05) is 0 Å². The molecule has 0 radical (unpaired) electrons. The third-order valence-corrected chi connectivity index (χ3v) is 5.19. The zero-order valence-corrected chi connectivity index (χ0v) is 12.8. The molecule has 0 saturated heterocycles. The Kier molecular flexibility index (Phi) is 4.12. The minimum atomic E-state index is -1.67. The predicted octanol–water partition coefficient (Wildman–Crippen LogP) is 1.21. The van der Waals surface area contributed by atoms with Crippen molar-refractivity contribution in [3.63, 3.8) is 0 Å². The molecule has 23 heavy (non-hydrogen) atoms. The zero-order chi connectivity index (χ0) is 16.7. The number of carbonyl (C=O) groups is 1. The van der Waals surface area contributed by atoms with E-state index < -0.39 is 35.4 Å². The molecule has 0 spiro atoms. The molecule has 7 nitrogen and oxygen atoms in total. The molecule has 0 fully saturated rings. The van der Waals surface area contributed by atoms with Crippen molar-refractivity contribution < 1.29 is 28.4 Å². The fourth-order valence-corrected chi connectivity index (χ4v) is 4.09. The lowest BCUT2D eigenvalue weighted by molar-refractivity contribution is 0.0687. The van der Waals surface area contributed by atoms with Gasteiger partial charge in [0.15, 0.2) is 16.0 Å². The van der Waals surface area contributed by atoms with Gasteiger partial charge in [-0.1, -0.05) is 23.1 Å². The Morgan fingerprint density at radius 1 is 1.52 bits per heavy atom. The highest BCUT2D eigenvalue weighted by Crippen LogP contribution is 2.39. The van der Waals surface area contributed by atoms with E-state index in [1.54, 1.807) is 0 Å². The number of nitrogens with zero attached hydrogens (tertiary/aromatic N) is 2. The zero-order valence-electron chi connectivity index (χ0n) is 11.2. The number of fused-ring (bicyclic) bond motifs is 1. The number of aromatic carboxylic acids is 1. The molecule has 1 aromatic heterocycles. The number of thioether (sulfide) groups is 1. The quantitative estimate of drug-likeness (QED) is 0.700. The van der Waals surface area contributed by atoms with Crippen LogP contribution in [0.25, 0.3) is 0 Å². The number of carboxylic acid groups (broad SMARTS) is 1. The largest absolute Gasteiger partial charge is 0.537 e. The summed E-state index contributed by atoms with van der Waals surface area (Å²) >= 11 is 2.21. The number of rotatable bonds is 3. The molecule has 0 unspecified atom stereocenters. The second-order valence-corrected chi connectivity index (χ2v) is 7.11. The van der Waals surface area contributed by atoms with Crippen molar-refractivity contribution in [2.75, 3.05) is 5.73 Å². The van der Waals surface area contributed by atoms with Crippen LogP contribution in [0, 0.1) is 11.6 Å². The van der Waals surface area contributed by atoms with Gasteiger partial charge in [-0.3, -0.25) is 0 Å². The third kappa shape index (κ3) is 2.96. The normalized spacial score (nSPS) is 16.8. The van der Waals surface area contributed by atoms with Crippen molar-refractivity contribution in [3.8, 4) is 5.75 Å². The summed E-state index contributed by atoms with van der Waals surface area (Å²) in [7, 11) is -1.42. The van der Waals surface area contributed by atoms with Crippen LogP contribution in [0.5, 0.6) is 5.75 Å². The van der Waals surface area contributed by atoms with Crippen LogP contribution in [0.4, 0.5) is 13.9 Å². The average molecular weight is 359 g/mol. The SMILES string of the molecule is Nc1nnc(S[C@H]2Cc3cc(F)c(F)c(C(=O)O)c3OB2O)s1. The van der Waals surface area contributed by atoms with Crippen LogP contribution in [0.1, 0.15) is 15.9 Å². The van der Waals surface area contributed by atoms with Crippen LogP contribution >= 0.6 is 23.1 Å². The average Bonchev–Trinajstić information content (AvgIpc) is 2.87. The van der Waals surface area contributed by atoms with Gasteiger partial charge in [0.1, 0.15) is 11.3 Å². The highest BCUT2D eigenvalue weighted by atomic mass is 32.2. The molecule has 1 aromatic carbocycles. The van der Waals surface area contributed by atoms with E-state index in [0.717, 1.165) is 29.2 Å². The second kappa shape index (κ2) is 5.94. The fraction of sp³-hybridized carbons (Fsp3) is 0.182. The van der Waals surface area contributed by atoms with E-state index in [2.05, 4.69) is 10.2 Å². The number of benzene rings is 1. The van der Waals surface area contributed by atoms with E-state index in [9.17, 15) is 18.6 Å². The van der Waals surface area contributed by atoms with E-state index >= 15 is 0 Å². The number of carboxylic acids is 1. The van der Waals surface area contributed by atoms with Crippen LogP contribution in [0.2, 0.25) is 0 Å². The fourth-order valence-electron chi connectivity index (χ4n) is 2.15. The summed E-state index contributed by atoms with van der Waals surface area (Å²) in [5.74, 6) is -4.84. The number of nitrogens with two attached hydrogens (primary N) is 1. The highest BCUT2D eigenvalue weighted by molar-refractivity contribution is 8.02. The molecule has 1 atom stereocenters. The molecule has 0 saturated carbocycles. The summed E-state index contributed by atoms with van der Waals surface area (Å²) in [6, 6.07) is 0.866. The molecule has 0 aliphatic carbocycles. The van der Waals surface area contributed by atoms with Gasteiger partial charge in [0.05, 0.1) is 5.15 Å². The Bertz CT molecular complexity index is 791. The first-order chi connectivity index (χ1) is 10.9. The molecule has 1 aliphatic rings. The van der Waals surface area contributed by atoms with Gasteiger partial charge in [-0.05, 0) is 18.1 Å². The molecule has 0 bridgehead atoms. The molecule has 0 amide bonds. The number of halogens is 2. The molecule has 120 valence electrons. The second-order valence-electron chi connectivity index (χ2n) is 4.62. The first-order valence-corrected chi connectivity index (χ1v) is 7.91. The van der Waals surface area contributed by atoms with Crippen LogP contribution in [-0.4, -0.2) is 38.6 Å². The molecule has 2 heterocycles. The van der Waals surface area contributed by atoms with Crippen LogP contribution in [-0.2, 0) is 6.42 Å². The molecule has 2 aromatic rings. The van der Waals surface area contributed by atoms with Crippen LogP contribution in [0.15, 0.2) is 10.4 Å². The Morgan fingerprint density at radius 2 is 2.26 bits per heavy atom. The molecule has 3 rings (SSSR count). The first-order valence-electron chi connectivity index (χ1n) is 6.21. The number of hydrogen-bond donors (Lipinski definition) is 3. The summed E-state index contributed by atoms with van der Waals surface area (Å²) in [6.45, 7) is 0. The van der Waals surface area contributed by atoms with Crippen molar-refractivity contribution >= 4 is 41.3 Å². The van der Waals surface area contributed by atoms with E-state index in [-0.39, 0.29) is 22.9 Å². The van der Waals surface area contributed by atoms with Crippen LogP contribution < -0.4 is 10.4 Å². The maximum atomic E-state index is 13.7. The lowest BCUT2D eigenvalue weighted by atomic mass is 9.77. The van der Waals surface area contributed by atoms with Crippen LogP contribution in [0.3, 0.4) is 0 Å². The van der Waals surface area contributed by atoms with E-state index in [1.807, 2.05) is 0 Å². The Balaban J connectivity index is 1.95. The van der Waals surface area contributed by atoms with E-state index in [4.69, 9.17) is 15.5 Å². The van der Waals surface area contributed by atoms with E-state index in [0.29, 0.717) is 4.34 Å². The number of hydrogen-bond acceptors (Lipinski definition) is 8. The predicted molar refractivity (Wildman–Crippen MR) is 79.6 cm³/mol. The van der Waals surface area contributed by atoms with Gasteiger partial charge in [0.25, 0.3) is 0 Å². The summed E-state index contributed by atoms with van der Waals surface area (Å²) in [5, 5.41) is 26.1. The van der Waals surface area contributed by atoms with Gasteiger partial charge in [-0.15, -0.1) is 10.2 Å². The van der Waals surface area contributed by atoms with Crippen molar-refractivity contribution in [3.05, 3.63) is 28.8 Å². The van der Waals surface area contributed by atoms with Crippen molar-refractivity contribution in [1.29, 1.82) is 0 Å². The summed E-state index contributed by atoms with van der Waals surface area (Å²) in [6.07, 6.45) is 0.0676. The van der Waals surface area contributed by atoms with Gasteiger partial charge in [-0.2, -0.15) is 0 Å². The van der Waals surface area contributed by atoms with Gasteiger partial charge in [-0.25, -0.2) is 13.6 Å². The maximum absolute atomic E-state index is 13.7. The minimum absolute atomic E-state index is 0.0676. The first kappa shape index (κ1) is 16.0. The van der Waals surface area contributed by atoms with Crippen molar-refractivity contribution in [2.24, 2.45) is 0 Å². The standard InChI is InChI=1S/C11H8BF2N3O4S2/c13-4-1-3-2-5(22-11-17-16-10(15)23-11)12(20)21-8(3)6(7(4)14)9(18)19/h1,5,20H,2H2,(H2,15,16)(H,18,19)/t5-/m0/s1. The monoisotopic (exact) mass is 359 g/mol.